The number of urea groups is 1. The van der Waals surface area contributed by atoms with Crippen molar-refractivity contribution in [3.63, 3.8) is 0 Å². The average Bonchev–Trinajstić information content (AvgIpc) is 2.52. The topological polar surface area (TPSA) is 32.3 Å². The van der Waals surface area contributed by atoms with Crippen LogP contribution in [0.2, 0.25) is 0 Å². The second-order valence-corrected chi connectivity index (χ2v) is 2.99. The molecule has 1 heterocycles. The van der Waals surface area contributed by atoms with Crippen LogP contribution >= 0.6 is 11.6 Å². The zero-order valence-electron chi connectivity index (χ0n) is 6.48. The molecule has 0 aromatic heterocycles. The fourth-order valence-corrected chi connectivity index (χ4v) is 1.28. The first-order valence-electron chi connectivity index (χ1n) is 3.93. The number of hydrogen-bond donors (Lipinski definition) is 1. The molecule has 1 aliphatic rings. The number of carbonyl (C=O) groups is 1. The minimum Gasteiger partial charge on any atom is -0.337 e. The highest BCUT2D eigenvalue weighted by atomic mass is 35.5. The maximum Gasteiger partial charge on any atom is 0.317 e. The van der Waals surface area contributed by atoms with E-state index in [1.54, 1.807) is 0 Å². The summed E-state index contributed by atoms with van der Waals surface area (Å²) in [7, 11) is 0. The van der Waals surface area contributed by atoms with E-state index in [1.165, 1.54) is 0 Å². The summed E-state index contributed by atoms with van der Waals surface area (Å²) in [5.41, 5.74) is 0. The van der Waals surface area contributed by atoms with Crippen LogP contribution in [0.4, 0.5) is 4.79 Å². The number of nitrogens with one attached hydrogen (secondary N) is 1. The number of likely N-dealkylation sites (tertiary alicyclic amines) is 1. The number of carbonyl (C=O) groups excluding carboxylic acids is 1. The third-order valence-electron chi connectivity index (χ3n) is 1.76. The number of nitrogens with zero attached hydrogens (tertiary/aromatic N) is 1. The van der Waals surface area contributed by atoms with E-state index in [4.69, 9.17) is 11.6 Å². The van der Waals surface area contributed by atoms with Gasteiger partial charge in [0.25, 0.3) is 0 Å². The summed E-state index contributed by atoms with van der Waals surface area (Å²) in [5, 5.41) is 2.73. The molecule has 0 radical (unpaired) electrons. The first-order valence-corrected chi connectivity index (χ1v) is 4.47. The molecule has 3 nitrogen and oxygen atoms in total. The largest absolute Gasteiger partial charge is 0.337 e. The monoisotopic (exact) mass is 176 g/mol. The Kier molecular flexibility index (Phi) is 3.49. The number of alkyl halides is 1. The van der Waals surface area contributed by atoms with Gasteiger partial charge in [0.15, 0.2) is 0 Å². The Morgan fingerprint density at radius 1 is 1.45 bits per heavy atom. The summed E-state index contributed by atoms with van der Waals surface area (Å²) in [5.74, 6) is 0.486. The summed E-state index contributed by atoms with van der Waals surface area (Å²) in [6.07, 6.45) is 2.27. The molecule has 0 aromatic carbocycles. The lowest BCUT2D eigenvalue weighted by molar-refractivity contribution is 0.209. The van der Waals surface area contributed by atoms with Crippen LogP contribution in [0.5, 0.6) is 0 Å². The van der Waals surface area contributed by atoms with Gasteiger partial charge in [-0.2, -0.15) is 0 Å². The number of halogens is 1. The first kappa shape index (κ1) is 8.65. The van der Waals surface area contributed by atoms with E-state index in [2.05, 4.69) is 5.32 Å². The Morgan fingerprint density at radius 3 is 2.64 bits per heavy atom. The van der Waals surface area contributed by atoms with E-state index in [9.17, 15) is 4.79 Å². The molecule has 0 atom stereocenters. The van der Waals surface area contributed by atoms with Crippen molar-refractivity contribution in [3.8, 4) is 0 Å². The molecule has 0 unspecified atom stereocenters. The van der Waals surface area contributed by atoms with Crippen molar-refractivity contribution in [2.75, 3.05) is 25.5 Å². The van der Waals surface area contributed by atoms with E-state index in [0.29, 0.717) is 12.4 Å². The van der Waals surface area contributed by atoms with E-state index in [-0.39, 0.29) is 6.03 Å². The van der Waals surface area contributed by atoms with Gasteiger partial charge in [-0.05, 0) is 12.8 Å². The molecule has 0 bridgehead atoms. The normalized spacial score (nSPS) is 17.0. The number of hydrogen-bond acceptors (Lipinski definition) is 1. The van der Waals surface area contributed by atoms with Crippen LogP contribution in [0.25, 0.3) is 0 Å². The van der Waals surface area contributed by atoms with Crippen molar-refractivity contribution in [3.05, 3.63) is 0 Å². The zero-order valence-corrected chi connectivity index (χ0v) is 7.23. The minimum absolute atomic E-state index is 0.0307. The van der Waals surface area contributed by atoms with Crippen molar-refractivity contribution in [2.24, 2.45) is 0 Å². The first-order chi connectivity index (χ1) is 5.34. The van der Waals surface area contributed by atoms with Crippen LogP contribution in [-0.4, -0.2) is 36.4 Å². The van der Waals surface area contributed by atoms with Crippen LogP contribution in [0.15, 0.2) is 0 Å². The Bertz CT molecular complexity index is 134. The lowest BCUT2D eigenvalue weighted by atomic mass is 10.4. The molecule has 1 rings (SSSR count). The van der Waals surface area contributed by atoms with Gasteiger partial charge >= 0.3 is 6.03 Å². The van der Waals surface area contributed by atoms with Crippen molar-refractivity contribution in [2.45, 2.75) is 12.8 Å². The van der Waals surface area contributed by atoms with Crippen molar-refractivity contribution in [1.82, 2.24) is 10.2 Å². The highest BCUT2D eigenvalue weighted by molar-refractivity contribution is 6.18. The second-order valence-electron chi connectivity index (χ2n) is 2.62. The van der Waals surface area contributed by atoms with E-state index in [0.717, 1.165) is 25.9 Å². The van der Waals surface area contributed by atoms with Gasteiger partial charge in [-0.3, -0.25) is 0 Å². The summed E-state index contributed by atoms with van der Waals surface area (Å²) in [6, 6.07) is 0.0307. The second kappa shape index (κ2) is 4.44. The zero-order chi connectivity index (χ0) is 8.10. The summed E-state index contributed by atoms with van der Waals surface area (Å²) in [6.45, 7) is 2.36. The van der Waals surface area contributed by atoms with Crippen molar-refractivity contribution in [1.29, 1.82) is 0 Å². The Balaban J connectivity index is 2.17. The molecule has 0 aliphatic carbocycles. The summed E-state index contributed by atoms with van der Waals surface area (Å²) >= 11 is 5.42. The fourth-order valence-electron chi connectivity index (χ4n) is 1.19. The van der Waals surface area contributed by atoms with E-state index in [1.807, 2.05) is 4.90 Å². The quantitative estimate of drug-likeness (QED) is 0.627. The number of amides is 2. The van der Waals surface area contributed by atoms with Gasteiger partial charge in [-0.25, -0.2) is 4.79 Å². The van der Waals surface area contributed by atoms with Crippen LogP contribution in [0, 0.1) is 0 Å². The standard InChI is InChI=1S/C7H13ClN2O/c8-3-4-9-7(11)10-5-1-2-6-10/h1-6H2,(H,9,11). The van der Waals surface area contributed by atoms with Gasteiger partial charge in [-0.15, -0.1) is 11.6 Å². The molecule has 0 saturated carbocycles. The van der Waals surface area contributed by atoms with Crippen molar-refractivity contribution >= 4 is 17.6 Å². The van der Waals surface area contributed by atoms with Gasteiger partial charge in [0.2, 0.25) is 0 Å². The van der Waals surface area contributed by atoms with Gasteiger partial charge in [0, 0.05) is 25.5 Å². The molecule has 0 aromatic rings. The Morgan fingerprint density at radius 2 is 2.09 bits per heavy atom. The lowest BCUT2D eigenvalue weighted by Gasteiger charge is -2.15. The van der Waals surface area contributed by atoms with Crippen LogP contribution in [0.1, 0.15) is 12.8 Å². The van der Waals surface area contributed by atoms with Gasteiger partial charge < -0.3 is 10.2 Å². The third kappa shape index (κ3) is 2.58. The van der Waals surface area contributed by atoms with E-state index >= 15 is 0 Å². The third-order valence-corrected chi connectivity index (χ3v) is 1.95. The summed E-state index contributed by atoms with van der Waals surface area (Å²) < 4.78 is 0. The Labute approximate surface area is 71.7 Å². The summed E-state index contributed by atoms with van der Waals surface area (Å²) in [4.78, 5) is 13.0. The van der Waals surface area contributed by atoms with Gasteiger partial charge in [0.1, 0.15) is 0 Å². The maximum atomic E-state index is 11.2. The van der Waals surface area contributed by atoms with Crippen LogP contribution < -0.4 is 5.32 Å². The molecular weight excluding hydrogens is 164 g/mol. The van der Waals surface area contributed by atoms with E-state index < -0.39 is 0 Å². The molecule has 1 fully saturated rings. The predicted octanol–water partition coefficient (Wildman–Crippen LogP) is 1.03. The molecule has 0 spiro atoms. The molecule has 11 heavy (non-hydrogen) atoms. The minimum atomic E-state index is 0.0307. The predicted molar refractivity (Wildman–Crippen MR) is 44.9 cm³/mol. The fraction of sp³-hybridized carbons (Fsp3) is 0.857. The lowest BCUT2D eigenvalue weighted by Crippen LogP contribution is -2.38. The SMILES string of the molecule is O=C(NCCCl)N1CCCC1. The Hall–Kier alpha value is -0.440. The highest BCUT2D eigenvalue weighted by Crippen LogP contribution is 2.06. The van der Waals surface area contributed by atoms with Crippen molar-refractivity contribution < 1.29 is 4.79 Å². The van der Waals surface area contributed by atoms with Crippen LogP contribution in [-0.2, 0) is 0 Å². The van der Waals surface area contributed by atoms with Gasteiger partial charge in [-0.1, -0.05) is 0 Å². The highest BCUT2D eigenvalue weighted by Gasteiger charge is 2.16. The molecule has 1 saturated heterocycles. The molecule has 2 amide bonds. The van der Waals surface area contributed by atoms with Gasteiger partial charge in [0.05, 0.1) is 0 Å². The molecule has 1 aliphatic heterocycles. The molecular formula is C7H13ClN2O. The number of rotatable bonds is 2. The average molecular weight is 177 g/mol. The molecule has 1 N–H and O–H groups in total. The molecule has 64 valence electrons. The van der Waals surface area contributed by atoms with Crippen LogP contribution in [0.3, 0.4) is 0 Å². The molecule has 4 heteroatoms. The smallest absolute Gasteiger partial charge is 0.317 e. The maximum absolute atomic E-state index is 11.2.